The first-order valence-electron chi connectivity index (χ1n) is 19.4. The van der Waals surface area contributed by atoms with Crippen LogP contribution >= 0.6 is 11.8 Å². The molecule has 0 unspecified atom stereocenters. The third-order valence-corrected chi connectivity index (χ3v) is 11.5. The quantitative estimate of drug-likeness (QED) is 0.0805. The number of amides is 3. The molecule has 1 aliphatic heterocycles. The molecule has 5 aromatic carbocycles. The standard InChI is InChI=1S/C47H43N5O7S/c53-42(45(56)57)39(26-33-16-6-1-7-17-33)49-43(54)41-30-60-32-51(41)44(55)40(50-46(58)59-29-34-18-8-2-9-19-34)27-38-28-48-31-52(38)47(35-20-10-3-11-21-35,36-22-12-4-13-23-36)37-24-14-5-15-25-37/h1-25,28,31,39-41H,26-27,29-30,32H2,(H,49,54)(H,50,58)(H,56,57)/t39-,40-,41-/m0/s1. The number of thioether (sulfide) groups is 1. The van der Waals surface area contributed by atoms with Crippen LogP contribution in [0.1, 0.15) is 33.5 Å². The van der Waals surface area contributed by atoms with Crippen molar-refractivity contribution in [3.8, 4) is 0 Å². The Morgan fingerprint density at radius 3 is 1.75 bits per heavy atom. The molecule has 13 heteroatoms. The zero-order chi connectivity index (χ0) is 41.9. The number of carboxylic acids is 1. The zero-order valence-corrected chi connectivity index (χ0v) is 33.3. The van der Waals surface area contributed by atoms with E-state index in [0.29, 0.717) is 11.3 Å². The summed E-state index contributed by atoms with van der Waals surface area (Å²) in [7, 11) is 0. The third-order valence-electron chi connectivity index (χ3n) is 10.5. The number of ether oxygens (including phenoxy) is 1. The molecule has 0 spiro atoms. The molecular weight excluding hydrogens is 779 g/mol. The molecule has 304 valence electrons. The van der Waals surface area contributed by atoms with Crippen molar-refractivity contribution in [1.29, 1.82) is 0 Å². The minimum absolute atomic E-state index is 0.0460. The van der Waals surface area contributed by atoms with E-state index < -0.39 is 53.3 Å². The van der Waals surface area contributed by atoms with Gasteiger partial charge in [-0.1, -0.05) is 152 Å². The number of aliphatic carboxylic acids is 1. The van der Waals surface area contributed by atoms with E-state index in [0.717, 1.165) is 22.3 Å². The van der Waals surface area contributed by atoms with Gasteiger partial charge in [-0.3, -0.25) is 14.4 Å². The number of Topliss-reactive ketones (excluding diaryl/α,β-unsaturated/α-hetero) is 1. The fraction of sp³-hybridized carbons (Fsp3) is 0.191. The molecule has 0 bridgehead atoms. The maximum atomic E-state index is 14.9. The van der Waals surface area contributed by atoms with Crippen LogP contribution in [0.4, 0.5) is 4.79 Å². The van der Waals surface area contributed by atoms with Crippen LogP contribution in [0.5, 0.6) is 0 Å². The second-order valence-corrected chi connectivity index (χ2v) is 15.3. The van der Waals surface area contributed by atoms with E-state index in [1.54, 1.807) is 42.9 Å². The summed E-state index contributed by atoms with van der Waals surface area (Å²) in [6, 6.07) is 44.0. The average Bonchev–Trinajstić information content (AvgIpc) is 3.98. The van der Waals surface area contributed by atoms with E-state index in [4.69, 9.17) is 4.74 Å². The number of alkyl carbamates (subject to hydrolysis) is 1. The van der Waals surface area contributed by atoms with Crippen LogP contribution in [0.3, 0.4) is 0 Å². The summed E-state index contributed by atoms with van der Waals surface area (Å²) in [5, 5.41) is 15.0. The number of rotatable bonds is 16. The Bertz CT molecular complexity index is 2300. The van der Waals surface area contributed by atoms with Gasteiger partial charge >= 0.3 is 12.1 Å². The summed E-state index contributed by atoms with van der Waals surface area (Å²) in [6.07, 6.45) is 2.42. The lowest BCUT2D eigenvalue weighted by Crippen LogP contribution is -2.57. The van der Waals surface area contributed by atoms with Crippen molar-refractivity contribution in [2.75, 3.05) is 11.6 Å². The summed E-state index contributed by atoms with van der Waals surface area (Å²) in [4.78, 5) is 73.1. The smallest absolute Gasteiger partial charge is 0.408 e. The largest absolute Gasteiger partial charge is 0.475 e. The van der Waals surface area contributed by atoms with Gasteiger partial charge in [0.05, 0.1) is 12.2 Å². The summed E-state index contributed by atoms with van der Waals surface area (Å²) in [5.41, 5.74) is 3.79. The third kappa shape index (κ3) is 9.16. The molecule has 6 aromatic rings. The molecule has 3 atom stereocenters. The van der Waals surface area contributed by atoms with Crippen molar-refractivity contribution < 1.29 is 33.8 Å². The highest BCUT2D eigenvalue weighted by molar-refractivity contribution is 7.99. The van der Waals surface area contributed by atoms with Crippen LogP contribution in [0.15, 0.2) is 164 Å². The van der Waals surface area contributed by atoms with Crippen LogP contribution in [-0.2, 0) is 48.9 Å². The summed E-state index contributed by atoms with van der Waals surface area (Å²) >= 11 is 1.33. The van der Waals surface area contributed by atoms with Crippen molar-refractivity contribution in [3.63, 3.8) is 0 Å². The number of ketones is 1. The molecule has 0 saturated carbocycles. The van der Waals surface area contributed by atoms with Crippen molar-refractivity contribution in [2.45, 2.75) is 43.1 Å². The second kappa shape index (κ2) is 19.2. The molecule has 60 heavy (non-hydrogen) atoms. The maximum absolute atomic E-state index is 14.9. The lowest BCUT2D eigenvalue weighted by atomic mass is 9.76. The highest BCUT2D eigenvalue weighted by Crippen LogP contribution is 2.41. The normalized spacial score (nSPS) is 14.7. The van der Waals surface area contributed by atoms with Crippen LogP contribution in [-0.4, -0.2) is 79.0 Å². The predicted octanol–water partition coefficient (Wildman–Crippen LogP) is 5.84. The Morgan fingerprint density at radius 2 is 1.22 bits per heavy atom. The Hall–Kier alpha value is -6.99. The minimum atomic E-state index is -1.68. The molecule has 1 aliphatic rings. The van der Waals surface area contributed by atoms with Gasteiger partial charge in [-0.25, -0.2) is 14.6 Å². The fourth-order valence-electron chi connectivity index (χ4n) is 7.60. The van der Waals surface area contributed by atoms with Crippen LogP contribution in [0, 0.1) is 0 Å². The second-order valence-electron chi connectivity index (χ2n) is 14.3. The Labute approximate surface area is 351 Å². The van der Waals surface area contributed by atoms with Gasteiger partial charge in [-0.2, -0.15) is 0 Å². The van der Waals surface area contributed by atoms with Gasteiger partial charge in [0.2, 0.25) is 11.8 Å². The number of carbonyl (C=O) groups is 5. The number of hydrogen-bond acceptors (Lipinski definition) is 8. The lowest BCUT2D eigenvalue weighted by Gasteiger charge is -2.39. The Kier molecular flexibility index (Phi) is 13.2. The SMILES string of the molecule is O=C(N[C@@H](Cc1cncn1C(c1ccccc1)(c1ccccc1)c1ccccc1)C(=O)N1CSC[C@H]1C(=O)N[C@@H](Cc1ccccc1)C(=O)C(=O)O)OCc1ccccc1. The topological polar surface area (TPSA) is 160 Å². The van der Waals surface area contributed by atoms with Gasteiger partial charge in [-0.15, -0.1) is 11.8 Å². The number of imidazole rings is 1. The van der Waals surface area contributed by atoms with E-state index in [2.05, 4.69) is 15.6 Å². The van der Waals surface area contributed by atoms with E-state index in [1.807, 2.05) is 126 Å². The minimum Gasteiger partial charge on any atom is -0.475 e. The predicted molar refractivity (Wildman–Crippen MR) is 227 cm³/mol. The molecule has 0 aliphatic carbocycles. The number of aromatic nitrogens is 2. The monoisotopic (exact) mass is 821 g/mol. The molecule has 1 fully saturated rings. The first kappa shape index (κ1) is 41.2. The molecule has 3 N–H and O–H groups in total. The number of nitrogens with zero attached hydrogens (tertiary/aromatic N) is 3. The fourth-order valence-corrected chi connectivity index (χ4v) is 8.76. The number of carboxylic acid groups (broad SMARTS) is 1. The first-order chi connectivity index (χ1) is 29.3. The number of carbonyl (C=O) groups excluding carboxylic acids is 4. The van der Waals surface area contributed by atoms with Gasteiger partial charge in [0.25, 0.3) is 5.78 Å². The molecule has 1 aromatic heterocycles. The molecule has 0 radical (unpaired) electrons. The number of nitrogens with one attached hydrogen (secondary N) is 2. The Morgan fingerprint density at radius 1 is 0.700 bits per heavy atom. The van der Waals surface area contributed by atoms with E-state index in [9.17, 15) is 29.1 Å². The van der Waals surface area contributed by atoms with Gasteiger partial charge in [0, 0.05) is 30.5 Å². The molecular formula is C47H43N5O7S. The van der Waals surface area contributed by atoms with Crippen molar-refractivity contribution in [2.24, 2.45) is 0 Å². The van der Waals surface area contributed by atoms with Crippen molar-refractivity contribution in [1.82, 2.24) is 25.1 Å². The van der Waals surface area contributed by atoms with E-state index in [1.165, 1.54) is 16.7 Å². The molecule has 2 heterocycles. The zero-order valence-electron chi connectivity index (χ0n) is 32.5. The number of benzene rings is 5. The van der Waals surface area contributed by atoms with Crippen molar-refractivity contribution in [3.05, 3.63) is 198 Å². The molecule has 3 amide bonds. The molecule has 12 nitrogen and oxygen atoms in total. The van der Waals surface area contributed by atoms with Gasteiger partial charge < -0.3 is 29.9 Å². The van der Waals surface area contributed by atoms with Gasteiger partial charge in [0.15, 0.2) is 0 Å². The highest BCUT2D eigenvalue weighted by Gasteiger charge is 2.43. The van der Waals surface area contributed by atoms with Crippen LogP contribution in [0.25, 0.3) is 0 Å². The Balaban J connectivity index is 1.24. The summed E-state index contributed by atoms with van der Waals surface area (Å²) < 4.78 is 7.62. The van der Waals surface area contributed by atoms with E-state index in [-0.39, 0.29) is 31.1 Å². The van der Waals surface area contributed by atoms with Crippen LogP contribution < -0.4 is 10.6 Å². The van der Waals surface area contributed by atoms with Gasteiger partial charge in [-0.05, 0) is 27.8 Å². The lowest BCUT2D eigenvalue weighted by molar-refractivity contribution is -0.150. The average molecular weight is 822 g/mol. The molecule has 7 rings (SSSR count). The summed E-state index contributed by atoms with van der Waals surface area (Å²) in [6.45, 7) is -0.0460. The number of hydrogen-bond donors (Lipinski definition) is 3. The van der Waals surface area contributed by atoms with Crippen LogP contribution in [0.2, 0.25) is 0 Å². The first-order valence-corrected chi connectivity index (χ1v) is 20.6. The van der Waals surface area contributed by atoms with E-state index >= 15 is 0 Å². The highest BCUT2D eigenvalue weighted by atomic mass is 32.2. The maximum Gasteiger partial charge on any atom is 0.408 e. The molecule has 1 saturated heterocycles. The van der Waals surface area contributed by atoms with Gasteiger partial charge in [0.1, 0.15) is 30.3 Å². The van der Waals surface area contributed by atoms with Crippen molar-refractivity contribution >= 4 is 41.4 Å². The summed E-state index contributed by atoms with van der Waals surface area (Å²) in [5.74, 6) is -3.83.